The number of carbonyl (C=O) groups is 2. The fourth-order valence-electron chi connectivity index (χ4n) is 1.21. The highest BCUT2D eigenvalue weighted by Crippen LogP contribution is 2.00. The summed E-state index contributed by atoms with van der Waals surface area (Å²) in [6, 6.07) is -0.348. The second kappa shape index (κ2) is 5.35. The van der Waals surface area contributed by atoms with Crippen molar-refractivity contribution in [1.82, 2.24) is 10.2 Å². The lowest BCUT2D eigenvalue weighted by Gasteiger charge is -2.23. The van der Waals surface area contributed by atoms with E-state index in [0.29, 0.717) is 13.1 Å². The fraction of sp³-hybridized carbons (Fsp3) is 0.556. The van der Waals surface area contributed by atoms with Crippen molar-refractivity contribution >= 4 is 12.0 Å². The van der Waals surface area contributed by atoms with E-state index >= 15 is 0 Å². The van der Waals surface area contributed by atoms with Gasteiger partial charge in [0.1, 0.15) is 0 Å². The summed E-state index contributed by atoms with van der Waals surface area (Å²) in [4.78, 5) is 23.2. The second-order valence-corrected chi connectivity index (χ2v) is 3.25. The molecule has 0 saturated heterocycles. The number of carbonyl (C=O) groups excluding carboxylic acids is 1. The first-order valence-electron chi connectivity index (χ1n) is 4.70. The quantitative estimate of drug-likeness (QED) is 0.547. The smallest absolute Gasteiger partial charge is 0.334 e. The first-order valence-corrected chi connectivity index (χ1v) is 4.70. The standard InChI is InChI=1S/C9H14N2O4/c12-7(8(13)14)6-10-9(15)11-4-2-1-3-5-11/h1-2,7,12H,3-6H2,(H,10,15)(H,13,14)/t7-/m0/s1. The Hall–Kier alpha value is -1.56. The van der Waals surface area contributed by atoms with E-state index in [4.69, 9.17) is 10.2 Å². The van der Waals surface area contributed by atoms with Gasteiger partial charge in [-0.25, -0.2) is 9.59 Å². The lowest BCUT2D eigenvalue weighted by atomic mass is 10.2. The molecule has 0 aliphatic carbocycles. The SMILES string of the molecule is O=C(O)[C@@H](O)CNC(=O)N1CC=CCC1. The molecular weight excluding hydrogens is 200 g/mol. The molecule has 1 heterocycles. The van der Waals surface area contributed by atoms with Gasteiger partial charge in [-0.3, -0.25) is 0 Å². The Morgan fingerprint density at radius 1 is 1.47 bits per heavy atom. The molecule has 1 atom stereocenters. The first kappa shape index (κ1) is 11.5. The number of aliphatic hydroxyl groups excluding tert-OH is 1. The minimum absolute atomic E-state index is 0.269. The maximum Gasteiger partial charge on any atom is 0.334 e. The Labute approximate surface area is 87.2 Å². The zero-order valence-corrected chi connectivity index (χ0v) is 8.22. The largest absolute Gasteiger partial charge is 0.479 e. The van der Waals surface area contributed by atoms with Gasteiger partial charge in [0.25, 0.3) is 0 Å². The van der Waals surface area contributed by atoms with E-state index in [1.54, 1.807) is 4.90 Å². The zero-order valence-electron chi connectivity index (χ0n) is 8.22. The lowest BCUT2D eigenvalue weighted by molar-refractivity contribution is -0.146. The van der Waals surface area contributed by atoms with Crippen LogP contribution in [0.4, 0.5) is 4.79 Å². The summed E-state index contributed by atoms with van der Waals surface area (Å²) in [5, 5.41) is 19.7. The number of hydrogen-bond donors (Lipinski definition) is 3. The van der Waals surface area contributed by atoms with Crippen molar-refractivity contribution in [3.8, 4) is 0 Å². The van der Waals surface area contributed by atoms with Crippen LogP contribution in [-0.2, 0) is 4.79 Å². The van der Waals surface area contributed by atoms with Gasteiger partial charge in [0.15, 0.2) is 6.10 Å². The van der Waals surface area contributed by atoms with Gasteiger partial charge in [-0.15, -0.1) is 0 Å². The summed E-state index contributed by atoms with van der Waals surface area (Å²) >= 11 is 0. The predicted molar refractivity (Wildman–Crippen MR) is 52.4 cm³/mol. The summed E-state index contributed by atoms with van der Waals surface area (Å²) in [6.45, 7) is 0.870. The average molecular weight is 214 g/mol. The molecule has 15 heavy (non-hydrogen) atoms. The molecular formula is C9H14N2O4. The Bertz CT molecular complexity index is 277. The number of nitrogens with zero attached hydrogens (tertiary/aromatic N) is 1. The molecule has 0 spiro atoms. The molecule has 1 aliphatic rings. The van der Waals surface area contributed by atoms with Gasteiger partial charge in [0, 0.05) is 13.1 Å². The third-order valence-electron chi connectivity index (χ3n) is 2.08. The average Bonchev–Trinajstić information content (AvgIpc) is 2.26. The minimum Gasteiger partial charge on any atom is -0.479 e. The summed E-state index contributed by atoms with van der Waals surface area (Å²) < 4.78 is 0. The fourth-order valence-corrected chi connectivity index (χ4v) is 1.21. The number of aliphatic carboxylic acids is 1. The van der Waals surface area contributed by atoms with Gasteiger partial charge in [-0.2, -0.15) is 0 Å². The molecule has 1 aliphatic heterocycles. The van der Waals surface area contributed by atoms with Crippen molar-refractivity contribution in [1.29, 1.82) is 0 Å². The van der Waals surface area contributed by atoms with E-state index in [2.05, 4.69) is 5.32 Å². The summed E-state index contributed by atoms with van der Waals surface area (Å²) in [6.07, 6.45) is 3.11. The zero-order chi connectivity index (χ0) is 11.3. The Kier molecular flexibility index (Phi) is 4.11. The van der Waals surface area contributed by atoms with Gasteiger partial charge in [0.05, 0.1) is 6.54 Å². The van der Waals surface area contributed by atoms with Gasteiger partial charge < -0.3 is 20.4 Å². The van der Waals surface area contributed by atoms with E-state index < -0.39 is 12.1 Å². The Balaban J connectivity index is 2.29. The molecule has 6 nitrogen and oxygen atoms in total. The van der Waals surface area contributed by atoms with Crippen LogP contribution in [-0.4, -0.2) is 52.9 Å². The van der Waals surface area contributed by atoms with Crippen molar-refractivity contribution in [2.24, 2.45) is 0 Å². The van der Waals surface area contributed by atoms with Gasteiger partial charge in [-0.05, 0) is 6.42 Å². The van der Waals surface area contributed by atoms with E-state index in [-0.39, 0.29) is 12.6 Å². The summed E-state index contributed by atoms with van der Waals surface area (Å²) in [5.74, 6) is -1.34. The number of amides is 2. The van der Waals surface area contributed by atoms with Crippen molar-refractivity contribution in [2.45, 2.75) is 12.5 Å². The van der Waals surface area contributed by atoms with Crippen molar-refractivity contribution in [2.75, 3.05) is 19.6 Å². The van der Waals surface area contributed by atoms with E-state index in [1.807, 2.05) is 12.2 Å². The highest BCUT2D eigenvalue weighted by atomic mass is 16.4. The molecule has 0 bridgehead atoms. The number of aliphatic hydroxyl groups is 1. The van der Waals surface area contributed by atoms with Gasteiger partial charge in [0.2, 0.25) is 0 Å². The summed E-state index contributed by atoms with van der Waals surface area (Å²) in [5.41, 5.74) is 0. The van der Waals surface area contributed by atoms with E-state index in [0.717, 1.165) is 6.42 Å². The minimum atomic E-state index is -1.55. The monoisotopic (exact) mass is 214 g/mol. The molecule has 0 unspecified atom stereocenters. The van der Waals surface area contributed by atoms with Crippen LogP contribution in [0, 0.1) is 0 Å². The summed E-state index contributed by atoms with van der Waals surface area (Å²) in [7, 11) is 0. The number of rotatable bonds is 3. The molecule has 0 aromatic carbocycles. The molecule has 2 amide bonds. The van der Waals surface area contributed by atoms with Gasteiger partial charge in [-0.1, -0.05) is 12.2 Å². The van der Waals surface area contributed by atoms with Crippen LogP contribution in [0.3, 0.4) is 0 Å². The maximum atomic E-state index is 11.4. The molecule has 0 radical (unpaired) electrons. The van der Waals surface area contributed by atoms with Crippen LogP contribution in [0.2, 0.25) is 0 Å². The number of carboxylic acid groups (broad SMARTS) is 1. The number of urea groups is 1. The number of hydrogen-bond acceptors (Lipinski definition) is 3. The number of carboxylic acids is 1. The third-order valence-corrected chi connectivity index (χ3v) is 2.08. The predicted octanol–water partition coefficient (Wildman–Crippen LogP) is -0.597. The highest BCUT2D eigenvalue weighted by molar-refractivity contribution is 5.77. The molecule has 6 heteroatoms. The van der Waals surface area contributed by atoms with E-state index in [1.165, 1.54) is 0 Å². The van der Waals surface area contributed by atoms with Crippen LogP contribution >= 0.6 is 0 Å². The van der Waals surface area contributed by atoms with Crippen LogP contribution in [0.15, 0.2) is 12.2 Å². The molecule has 3 N–H and O–H groups in total. The van der Waals surface area contributed by atoms with Crippen molar-refractivity contribution < 1.29 is 19.8 Å². The first-order chi connectivity index (χ1) is 7.11. The molecule has 84 valence electrons. The molecule has 0 fully saturated rings. The van der Waals surface area contributed by atoms with Crippen LogP contribution < -0.4 is 5.32 Å². The van der Waals surface area contributed by atoms with Crippen LogP contribution in [0.1, 0.15) is 6.42 Å². The number of nitrogens with one attached hydrogen (secondary N) is 1. The van der Waals surface area contributed by atoms with Gasteiger partial charge >= 0.3 is 12.0 Å². The Morgan fingerprint density at radius 2 is 2.20 bits per heavy atom. The second-order valence-electron chi connectivity index (χ2n) is 3.25. The lowest BCUT2D eigenvalue weighted by Crippen LogP contribution is -2.45. The molecule has 0 saturated carbocycles. The van der Waals surface area contributed by atoms with Crippen LogP contribution in [0.25, 0.3) is 0 Å². The topological polar surface area (TPSA) is 89.9 Å². The molecule has 0 aromatic heterocycles. The highest BCUT2D eigenvalue weighted by Gasteiger charge is 2.17. The van der Waals surface area contributed by atoms with Crippen molar-refractivity contribution in [3.63, 3.8) is 0 Å². The molecule has 1 rings (SSSR count). The Morgan fingerprint density at radius 3 is 2.73 bits per heavy atom. The maximum absolute atomic E-state index is 11.4. The van der Waals surface area contributed by atoms with Crippen LogP contribution in [0.5, 0.6) is 0 Å². The molecule has 0 aromatic rings. The van der Waals surface area contributed by atoms with Crippen molar-refractivity contribution in [3.05, 3.63) is 12.2 Å². The normalized spacial score (nSPS) is 17.3. The third kappa shape index (κ3) is 3.59. The van der Waals surface area contributed by atoms with E-state index in [9.17, 15) is 9.59 Å².